The van der Waals surface area contributed by atoms with Crippen LogP contribution in [-0.2, 0) is 16.2 Å². The van der Waals surface area contributed by atoms with Crippen molar-refractivity contribution in [2.75, 3.05) is 0 Å². The van der Waals surface area contributed by atoms with Crippen molar-refractivity contribution in [3.05, 3.63) is 73.2 Å². The Labute approximate surface area is 208 Å². The Morgan fingerprint density at radius 3 is 2.38 bits per heavy atom. The SMILES string of the molecule is O=C1[C@@H]2[C@H](C(=O)N1N=Cc1cc(Cl)cc(Br)c1OCc1ccc(Cl)c(Cl)c1)[C@H]1C=C[C@H]2C1. The minimum absolute atomic E-state index is 0.132. The van der Waals surface area contributed by atoms with Gasteiger partial charge in [-0.1, -0.05) is 53.0 Å². The summed E-state index contributed by atoms with van der Waals surface area (Å²) in [6, 6.07) is 8.60. The number of carbonyl (C=O) groups is 2. The summed E-state index contributed by atoms with van der Waals surface area (Å²) < 4.78 is 6.61. The van der Waals surface area contributed by atoms with Gasteiger partial charge in [-0.05, 0) is 64.0 Å². The second kappa shape index (κ2) is 8.49. The molecule has 5 rings (SSSR count). The van der Waals surface area contributed by atoms with Crippen LogP contribution in [0.4, 0.5) is 0 Å². The van der Waals surface area contributed by atoms with Crippen LogP contribution in [0, 0.1) is 23.7 Å². The van der Waals surface area contributed by atoms with Crippen LogP contribution in [-0.4, -0.2) is 23.0 Å². The van der Waals surface area contributed by atoms with Crippen molar-refractivity contribution in [3.63, 3.8) is 0 Å². The fraction of sp³-hybridized carbons (Fsp3) is 0.261. The first-order chi connectivity index (χ1) is 15.3. The van der Waals surface area contributed by atoms with Gasteiger partial charge in [0.05, 0.1) is 32.6 Å². The van der Waals surface area contributed by atoms with Crippen molar-refractivity contribution >= 4 is 68.8 Å². The lowest BCUT2D eigenvalue weighted by atomic mass is 9.85. The van der Waals surface area contributed by atoms with Crippen molar-refractivity contribution < 1.29 is 14.3 Å². The molecule has 0 radical (unpaired) electrons. The van der Waals surface area contributed by atoms with Crippen LogP contribution in [0.25, 0.3) is 0 Å². The predicted molar refractivity (Wildman–Crippen MR) is 127 cm³/mol. The first-order valence-corrected chi connectivity index (χ1v) is 11.9. The third kappa shape index (κ3) is 3.77. The van der Waals surface area contributed by atoms with Gasteiger partial charge in [0.15, 0.2) is 0 Å². The molecule has 0 aromatic heterocycles. The third-order valence-corrected chi connectivity index (χ3v) is 7.71. The van der Waals surface area contributed by atoms with E-state index in [4.69, 9.17) is 39.5 Å². The topological polar surface area (TPSA) is 59.0 Å². The van der Waals surface area contributed by atoms with Gasteiger partial charge in [-0.2, -0.15) is 10.1 Å². The lowest BCUT2D eigenvalue weighted by Gasteiger charge is -2.14. The second-order valence-corrected chi connectivity index (χ2v) is 10.2. The van der Waals surface area contributed by atoms with Crippen LogP contribution in [0.2, 0.25) is 15.1 Å². The number of imide groups is 1. The molecular formula is C23H16BrCl3N2O3. The number of benzene rings is 2. The third-order valence-electron chi connectivity index (χ3n) is 6.16. The smallest absolute Gasteiger partial charge is 0.254 e. The molecule has 2 aromatic rings. The highest BCUT2D eigenvalue weighted by molar-refractivity contribution is 9.10. The van der Waals surface area contributed by atoms with E-state index in [9.17, 15) is 9.59 Å². The van der Waals surface area contributed by atoms with E-state index >= 15 is 0 Å². The lowest BCUT2D eigenvalue weighted by molar-refractivity contribution is -0.140. The van der Waals surface area contributed by atoms with Crippen LogP contribution in [0.15, 0.2) is 52.1 Å². The second-order valence-electron chi connectivity index (χ2n) is 8.08. The number of hydrazone groups is 1. The Balaban J connectivity index is 1.39. The number of halogens is 4. The monoisotopic (exact) mass is 552 g/mol. The summed E-state index contributed by atoms with van der Waals surface area (Å²) in [7, 11) is 0. The summed E-state index contributed by atoms with van der Waals surface area (Å²) in [6.45, 7) is 0.221. The average Bonchev–Trinajstić information content (AvgIpc) is 3.42. The molecule has 1 aliphatic heterocycles. The van der Waals surface area contributed by atoms with Gasteiger partial charge in [-0.15, -0.1) is 0 Å². The van der Waals surface area contributed by atoms with Crippen molar-refractivity contribution in [3.8, 4) is 5.75 Å². The van der Waals surface area contributed by atoms with E-state index in [1.165, 1.54) is 6.21 Å². The van der Waals surface area contributed by atoms with E-state index < -0.39 is 0 Å². The summed E-state index contributed by atoms with van der Waals surface area (Å²) >= 11 is 21.7. The molecule has 3 aliphatic rings. The Hall–Kier alpha value is -1.86. The Kier molecular flexibility index (Phi) is 5.82. The highest BCUT2D eigenvalue weighted by Gasteiger charge is 2.59. The summed E-state index contributed by atoms with van der Waals surface area (Å²) in [5.74, 6) is -0.346. The fourth-order valence-electron chi connectivity index (χ4n) is 4.73. The van der Waals surface area contributed by atoms with Gasteiger partial charge in [0.25, 0.3) is 11.8 Å². The van der Waals surface area contributed by atoms with Gasteiger partial charge < -0.3 is 4.74 Å². The zero-order valence-corrected chi connectivity index (χ0v) is 20.3. The number of ether oxygens (including phenoxy) is 1. The van der Waals surface area contributed by atoms with Crippen LogP contribution in [0.3, 0.4) is 0 Å². The Bertz CT molecular complexity index is 1170. The molecule has 0 unspecified atom stereocenters. The number of hydrogen-bond acceptors (Lipinski definition) is 4. The largest absolute Gasteiger partial charge is 0.487 e. The number of amides is 2. The summed E-state index contributed by atoms with van der Waals surface area (Å²) in [5.41, 5.74) is 1.35. The van der Waals surface area contributed by atoms with E-state index in [1.807, 2.05) is 18.2 Å². The van der Waals surface area contributed by atoms with Crippen LogP contribution >= 0.6 is 50.7 Å². The van der Waals surface area contributed by atoms with Crippen LogP contribution < -0.4 is 4.74 Å². The van der Waals surface area contributed by atoms with E-state index in [2.05, 4.69) is 21.0 Å². The number of fused-ring (bicyclic) bond motifs is 5. The van der Waals surface area contributed by atoms with Crippen LogP contribution in [0.1, 0.15) is 17.5 Å². The first-order valence-electron chi connectivity index (χ1n) is 9.99. The van der Waals surface area contributed by atoms with Gasteiger partial charge in [-0.3, -0.25) is 9.59 Å². The molecule has 2 aliphatic carbocycles. The zero-order chi connectivity index (χ0) is 22.6. The molecular weight excluding hydrogens is 539 g/mol. The van der Waals surface area contributed by atoms with E-state index in [0.29, 0.717) is 30.9 Å². The molecule has 2 bridgehead atoms. The molecule has 5 nitrogen and oxygen atoms in total. The van der Waals surface area contributed by atoms with E-state index in [0.717, 1.165) is 17.0 Å². The first kappa shape index (κ1) is 22.0. The molecule has 2 fully saturated rings. The van der Waals surface area contributed by atoms with E-state index in [-0.39, 0.29) is 42.1 Å². The number of hydrogen-bond donors (Lipinski definition) is 0. The van der Waals surface area contributed by atoms with Gasteiger partial charge in [-0.25, -0.2) is 0 Å². The van der Waals surface area contributed by atoms with E-state index in [1.54, 1.807) is 24.3 Å². The average molecular weight is 555 g/mol. The predicted octanol–water partition coefficient (Wildman–Crippen LogP) is 6.13. The zero-order valence-electron chi connectivity index (χ0n) is 16.5. The minimum atomic E-state index is -0.300. The highest BCUT2D eigenvalue weighted by Crippen LogP contribution is 2.52. The maximum atomic E-state index is 12.9. The van der Waals surface area contributed by atoms with Crippen LogP contribution in [0.5, 0.6) is 5.75 Å². The lowest BCUT2D eigenvalue weighted by Crippen LogP contribution is -2.28. The molecule has 1 saturated carbocycles. The van der Waals surface area contributed by atoms with Gasteiger partial charge in [0, 0.05) is 10.6 Å². The Morgan fingerprint density at radius 1 is 1.03 bits per heavy atom. The summed E-state index contributed by atoms with van der Waals surface area (Å²) in [6.07, 6.45) is 6.41. The molecule has 0 N–H and O–H groups in total. The Morgan fingerprint density at radius 2 is 1.72 bits per heavy atom. The molecule has 32 heavy (non-hydrogen) atoms. The molecule has 0 spiro atoms. The molecule has 1 heterocycles. The number of carbonyl (C=O) groups excluding carboxylic acids is 2. The maximum absolute atomic E-state index is 12.9. The van der Waals surface area contributed by atoms with Crippen molar-refractivity contribution in [1.82, 2.24) is 5.01 Å². The van der Waals surface area contributed by atoms with Gasteiger partial charge >= 0.3 is 0 Å². The molecule has 2 amide bonds. The number of allylic oxidation sites excluding steroid dienone is 2. The molecule has 9 heteroatoms. The quantitative estimate of drug-likeness (QED) is 0.254. The summed E-state index contributed by atoms with van der Waals surface area (Å²) in [4.78, 5) is 25.7. The number of rotatable bonds is 5. The van der Waals surface area contributed by atoms with Crippen molar-refractivity contribution in [2.24, 2.45) is 28.8 Å². The molecule has 2 aromatic carbocycles. The molecule has 164 valence electrons. The maximum Gasteiger partial charge on any atom is 0.254 e. The molecule has 1 saturated heterocycles. The molecule has 4 atom stereocenters. The van der Waals surface area contributed by atoms with Gasteiger partial charge in [0.2, 0.25) is 0 Å². The number of nitrogens with zero attached hydrogens (tertiary/aromatic N) is 2. The minimum Gasteiger partial charge on any atom is -0.487 e. The highest BCUT2D eigenvalue weighted by atomic mass is 79.9. The van der Waals surface area contributed by atoms with Crippen molar-refractivity contribution in [2.45, 2.75) is 13.0 Å². The van der Waals surface area contributed by atoms with Crippen molar-refractivity contribution in [1.29, 1.82) is 0 Å². The standard InChI is InChI=1S/C23H16BrCl3N2O3/c24-16-8-15(25)7-14(21(16)32-10-11-1-4-17(26)18(27)5-11)9-28-29-22(30)19-12-2-3-13(6-12)20(19)23(29)31/h1-5,7-9,12-13,19-20H,6,10H2/t12-,13-,19-,20+/m0/s1. The summed E-state index contributed by atoms with van der Waals surface area (Å²) in [5, 5.41) is 6.59. The normalized spacial score (nSPS) is 25.9. The fourth-order valence-corrected chi connectivity index (χ4v) is 6.00. The van der Waals surface area contributed by atoms with Gasteiger partial charge in [0.1, 0.15) is 12.4 Å².